The molecule has 0 N–H and O–H groups in total. The molecule has 10 fully saturated rings. The molecule has 10 saturated carbocycles. The van der Waals surface area contributed by atoms with E-state index in [0.717, 1.165) is 88.8 Å². The zero-order valence-corrected chi connectivity index (χ0v) is 13.0. The van der Waals surface area contributed by atoms with Gasteiger partial charge in [0.2, 0.25) is 0 Å². The molecule has 10 rings (SSSR count). The quantitative estimate of drug-likeness (QED) is 0.643. The van der Waals surface area contributed by atoms with Crippen LogP contribution in [-0.2, 0) is 0 Å². The maximum Gasteiger partial charge on any atom is 0.120 e. The second kappa shape index (κ2) is 2.24. The van der Waals surface area contributed by atoms with E-state index in [2.05, 4.69) is 6.92 Å². The molecule has 0 heterocycles. The molecule has 19 unspecified atom stereocenters. The van der Waals surface area contributed by atoms with Crippen molar-refractivity contribution in [3.63, 3.8) is 0 Å². The standard InChI is InChI=1S/C21H23F/c1-3-6-7-4-2-5-9-8(4)12-11(7)13-10(6)17-18-15(13)14(12)16(9)20(18)21(5,22)19(3)17/h3-20H,2H2,1H3. The van der Waals surface area contributed by atoms with Crippen LogP contribution in [0.1, 0.15) is 13.3 Å². The molecular formula is C21H23F. The van der Waals surface area contributed by atoms with Crippen molar-refractivity contribution in [2.24, 2.45) is 107 Å². The predicted octanol–water partition coefficient (Wildman–Crippen LogP) is 3.33. The number of hydrogen-bond acceptors (Lipinski definition) is 0. The van der Waals surface area contributed by atoms with Gasteiger partial charge in [-0.15, -0.1) is 0 Å². The largest absolute Gasteiger partial charge is 0.243 e. The zero-order valence-electron chi connectivity index (χ0n) is 13.0. The van der Waals surface area contributed by atoms with E-state index in [1.807, 2.05) is 0 Å². The average Bonchev–Trinajstić information content (AvgIpc) is 3.19. The minimum Gasteiger partial charge on any atom is -0.243 e. The lowest BCUT2D eigenvalue weighted by Crippen LogP contribution is -2.45. The van der Waals surface area contributed by atoms with Crippen LogP contribution >= 0.6 is 0 Å². The summed E-state index contributed by atoms with van der Waals surface area (Å²) in [5, 5.41) is 0. The molecule has 114 valence electrons. The van der Waals surface area contributed by atoms with Gasteiger partial charge in [0.25, 0.3) is 0 Å². The summed E-state index contributed by atoms with van der Waals surface area (Å²) in [6, 6.07) is 0. The maximum absolute atomic E-state index is 16.9. The fraction of sp³-hybridized carbons (Fsp3) is 1.00. The molecule has 0 aromatic rings. The first kappa shape index (κ1) is 10.0. The van der Waals surface area contributed by atoms with Gasteiger partial charge in [0.15, 0.2) is 0 Å². The third-order valence-corrected chi connectivity index (χ3v) is 13.1. The molecule has 0 aromatic heterocycles. The third kappa shape index (κ3) is 0.514. The Bertz CT molecular complexity index is 711. The van der Waals surface area contributed by atoms with Gasteiger partial charge in [-0.1, -0.05) is 6.92 Å². The summed E-state index contributed by atoms with van der Waals surface area (Å²) in [6.45, 7) is 2.53. The van der Waals surface area contributed by atoms with Crippen LogP contribution in [0.3, 0.4) is 0 Å². The first-order valence-electron chi connectivity index (χ1n) is 10.4. The molecule has 0 radical (unpaired) electrons. The molecule has 22 heavy (non-hydrogen) atoms. The summed E-state index contributed by atoms with van der Waals surface area (Å²) in [5.74, 6) is 16.6. The second-order valence-electron chi connectivity index (χ2n) is 11.7. The van der Waals surface area contributed by atoms with Gasteiger partial charge in [-0.05, 0) is 107 Å². The molecule has 0 amide bonds. The van der Waals surface area contributed by atoms with Crippen LogP contribution in [-0.4, -0.2) is 5.67 Å². The Kier molecular flexibility index (Phi) is 1.02. The maximum atomic E-state index is 16.9. The minimum absolute atomic E-state index is 0.529. The van der Waals surface area contributed by atoms with Gasteiger partial charge >= 0.3 is 0 Å². The second-order valence-corrected chi connectivity index (χ2v) is 11.7. The summed E-state index contributed by atoms with van der Waals surface area (Å²) < 4.78 is 16.9. The topological polar surface area (TPSA) is 0 Å². The first-order valence-corrected chi connectivity index (χ1v) is 10.4. The number of rotatable bonds is 0. The van der Waals surface area contributed by atoms with Gasteiger partial charge in [-0.25, -0.2) is 4.39 Å². The molecule has 0 saturated heterocycles. The molecule has 0 aliphatic heterocycles. The van der Waals surface area contributed by atoms with Crippen LogP contribution in [0.4, 0.5) is 4.39 Å². The van der Waals surface area contributed by atoms with E-state index in [4.69, 9.17) is 0 Å². The van der Waals surface area contributed by atoms with Crippen LogP contribution in [0.2, 0.25) is 0 Å². The van der Waals surface area contributed by atoms with Crippen molar-refractivity contribution in [2.45, 2.75) is 19.0 Å². The molecule has 19 atom stereocenters. The molecule has 0 aromatic carbocycles. The summed E-state index contributed by atoms with van der Waals surface area (Å²) >= 11 is 0. The van der Waals surface area contributed by atoms with Gasteiger partial charge in [-0.3, -0.25) is 0 Å². The fourth-order valence-corrected chi connectivity index (χ4v) is 14.6. The van der Waals surface area contributed by atoms with Gasteiger partial charge in [-0.2, -0.15) is 0 Å². The van der Waals surface area contributed by atoms with Crippen LogP contribution in [0.15, 0.2) is 0 Å². The monoisotopic (exact) mass is 294 g/mol. The molecular weight excluding hydrogens is 271 g/mol. The Balaban J connectivity index is 1.48. The average molecular weight is 294 g/mol. The van der Waals surface area contributed by atoms with E-state index in [-0.39, 0.29) is 0 Å². The molecule has 0 bridgehead atoms. The van der Waals surface area contributed by atoms with Crippen molar-refractivity contribution < 1.29 is 4.39 Å². The van der Waals surface area contributed by atoms with Crippen molar-refractivity contribution in [3.05, 3.63) is 0 Å². The lowest BCUT2D eigenvalue weighted by Gasteiger charge is -2.42. The van der Waals surface area contributed by atoms with Crippen molar-refractivity contribution in [2.75, 3.05) is 0 Å². The number of alkyl halides is 1. The van der Waals surface area contributed by atoms with Crippen molar-refractivity contribution in [1.29, 1.82) is 0 Å². The molecule has 10 aliphatic rings. The summed E-state index contributed by atoms with van der Waals surface area (Å²) in [5.41, 5.74) is -0.665. The zero-order chi connectivity index (χ0) is 13.6. The van der Waals surface area contributed by atoms with Crippen molar-refractivity contribution in [3.8, 4) is 0 Å². The predicted molar refractivity (Wildman–Crippen MR) is 77.0 cm³/mol. The van der Waals surface area contributed by atoms with E-state index in [0.29, 0.717) is 17.8 Å². The van der Waals surface area contributed by atoms with Crippen molar-refractivity contribution in [1.82, 2.24) is 0 Å². The smallest absolute Gasteiger partial charge is 0.120 e. The third-order valence-electron chi connectivity index (χ3n) is 13.1. The van der Waals surface area contributed by atoms with Gasteiger partial charge in [0.1, 0.15) is 5.67 Å². The number of halogens is 1. The summed E-state index contributed by atoms with van der Waals surface area (Å²) in [7, 11) is 0. The lowest BCUT2D eigenvalue weighted by molar-refractivity contribution is -0.0304. The molecule has 10 aliphatic carbocycles. The van der Waals surface area contributed by atoms with Gasteiger partial charge in [0, 0.05) is 5.92 Å². The fourth-order valence-electron chi connectivity index (χ4n) is 14.6. The first-order chi connectivity index (χ1) is 10.8. The normalized spacial score (nSPS) is 98.5. The highest BCUT2D eigenvalue weighted by Crippen LogP contribution is 2.98. The van der Waals surface area contributed by atoms with Gasteiger partial charge < -0.3 is 0 Å². The highest BCUT2D eigenvalue weighted by molar-refractivity contribution is 5.43. The van der Waals surface area contributed by atoms with Crippen LogP contribution in [0.5, 0.6) is 0 Å². The Morgan fingerprint density at radius 2 is 1.18 bits per heavy atom. The summed E-state index contributed by atoms with van der Waals surface area (Å²) in [6.07, 6.45) is 1.35. The van der Waals surface area contributed by atoms with Crippen LogP contribution < -0.4 is 0 Å². The number of fused-ring (bicyclic) bond motifs is 4. The van der Waals surface area contributed by atoms with E-state index < -0.39 is 5.67 Å². The minimum atomic E-state index is -0.665. The molecule has 1 heteroatoms. The van der Waals surface area contributed by atoms with Crippen molar-refractivity contribution >= 4 is 0 Å². The van der Waals surface area contributed by atoms with Crippen LogP contribution in [0.25, 0.3) is 0 Å². The van der Waals surface area contributed by atoms with Gasteiger partial charge in [0.05, 0.1) is 0 Å². The lowest BCUT2D eigenvalue weighted by atomic mass is 9.65. The van der Waals surface area contributed by atoms with Crippen LogP contribution in [0, 0.1) is 107 Å². The van der Waals surface area contributed by atoms with E-state index in [9.17, 15) is 0 Å². The molecule has 0 spiro atoms. The Morgan fingerprint density at radius 1 is 0.636 bits per heavy atom. The van der Waals surface area contributed by atoms with E-state index in [1.54, 1.807) is 0 Å². The van der Waals surface area contributed by atoms with E-state index >= 15 is 4.39 Å². The SMILES string of the molecule is CC1C2C3C4CC5C6C4C4C3C3C2C2C7C3C4C6C7C5(F)C12. The highest BCUT2D eigenvalue weighted by atomic mass is 19.1. The Hall–Kier alpha value is -0.0700. The highest BCUT2D eigenvalue weighted by Gasteiger charge is 2.97. The molecule has 0 nitrogen and oxygen atoms in total. The summed E-state index contributed by atoms with van der Waals surface area (Å²) in [4.78, 5) is 0. The number of hydrogen-bond donors (Lipinski definition) is 0. The Morgan fingerprint density at radius 3 is 2.00 bits per heavy atom. The van der Waals surface area contributed by atoms with E-state index in [1.165, 1.54) is 6.42 Å². The Labute approximate surface area is 130 Å².